The molecule has 2 rings (SSSR count). The largest absolute Gasteiger partial charge is 0.476 e. The van der Waals surface area contributed by atoms with Crippen molar-refractivity contribution in [2.45, 2.75) is 39.0 Å². The van der Waals surface area contributed by atoms with Crippen molar-refractivity contribution in [3.05, 3.63) is 5.69 Å². The lowest BCUT2D eigenvalue weighted by Crippen LogP contribution is -2.11. The highest BCUT2D eigenvalue weighted by atomic mass is 16.5. The number of anilines is 1. The van der Waals surface area contributed by atoms with E-state index >= 15 is 0 Å². The molecule has 0 radical (unpaired) electrons. The number of rotatable bonds is 4. The molecule has 4 heteroatoms. The Bertz CT molecular complexity index is 353. The van der Waals surface area contributed by atoms with Gasteiger partial charge in [0.1, 0.15) is 5.69 Å². The van der Waals surface area contributed by atoms with E-state index in [1.807, 2.05) is 7.05 Å². The van der Waals surface area contributed by atoms with Gasteiger partial charge >= 0.3 is 0 Å². The Balaban J connectivity index is 2.00. The van der Waals surface area contributed by atoms with Crippen LogP contribution in [0.1, 0.15) is 38.3 Å². The van der Waals surface area contributed by atoms with Crippen LogP contribution in [-0.4, -0.2) is 16.4 Å². The first kappa shape index (κ1) is 11.3. The maximum absolute atomic E-state index is 5.99. The molecule has 1 saturated carbocycles. The van der Waals surface area contributed by atoms with Gasteiger partial charge in [0.05, 0.1) is 12.3 Å². The number of aryl methyl sites for hydroxylation is 2. The number of ether oxygens (including phenoxy) is 1. The first-order chi connectivity index (χ1) is 7.72. The molecular formula is C12H21N3O. The van der Waals surface area contributed by atoms with Gasteiger partial charge in [0, 0.05) is 7.05 Å². The second kappa shape index (κ2) is 4.76. The molecule has 4 nitrogen and oxygen atoms in total. The molecule has 0 spiro atoms. The number of hydrogen-bond donors (Lipinski definition) is 1. The van der Waals surface area contributed by atoms with Crippen LogP contribution in [0, 0.1) is 5.92 Å². The number of hydrogen-bond acceptors (Lipinski definition) is 3. The summed E-state index contributed by atoms with van der Waals surface area (Å²) < 4.78 is 7.56. The van der Waals surface area contributed by atoms with Gasteiger partial charge < -0.3 is 10.5 Å². The molecule has 0 unspecified atom stereocenters. The molecule has 0 aromatic carbocycles. The minimum absolute atomic E-state index is 0.708. The number of nitrogens with two attached hydrogens (primary N) is 1. The normalized spacial score (nSPS) is 16.9. The Morgan fingerprint density at radius 1 is 1.44 bits per heavy atom. The molecule has 90 valence electrons. The van der Waals surface area contributed by atoms with Gasteiger partial charge in [-0.05, 0) is 25.2 Å². The van der Waals surface area contributed by atoms with Gasteiger partial charge in [-0.25, -0.2) is 4.68 Å². The van der Waals surface area contributed by atoms with Crippen LogP contribution in [0.5, 0.6) is 5.88 Å². The lowest BCUT2D eigenvalue weighted by atomic mass is 10.1. The maximum Gasteiger partial charge on any atom is 0.235 e. The fraction of sp³-hybridized carbons (Fsp3) is 0.750. The second-order valence-electron chi connectivity index (χ2n) is 4.60. The van der Waals surface area contributed by atoms with E-state index in [-0.39, 0.29) is 0 Å². The maximum atomic E-state index is 5.99. The van der Waals surface area contributed by atoms with Crippen molar-refractivity contribution in [1.29, 1.82) is 0 Å². The molecule has 1 fully saturated rings. The highest BCUT2D eigenvalue weighted by Gasteiger charge is 2.18. The first-order valence-corrected chi connectivity index (χ1v) is 6.16. The molecule has 0 bridgehead atoms. The summed E-state index contributed by atoms with van der Waals surface area (Å²) in [4.78, 5) is 0. The molecule has 0 saturated heterocycles. The molecule has 0 aliphatic heterocycles. The van der Waals surface area contributed by atoms with Gasteiger partial charge in [-0.2, -0.15) is 5.10 Å². The van der Waals surface area contributed by atoms with Crippen molar-refractivity contribution in [1.82, 2.24) is 9.78 Å². The lowest BCUT2D eigenvalue weighted by molar-refractivity contribution is 0.235. The number of nitrogens with zero attached hydrogens (tertiary/aromatic N) is 2. The summed E-state index contributed by atoms with van der Waals surface area (Å²) in [6.07, 6.45) is 6.12. The van der Waals surface area contributed by atoms with Crippen molar-refractivity contribution in [3.8, 4) is 5.88 Å². The zero-order chi connectivity index (χ0) is 11.5. The lowest BCUT2D eigenvalue weighted by Gasteiger charge is -2.11. The van der Waals surface area contributed by atoms with Gasteiger partial charge in [-0.3, -0.25) is 0 Å². The zero-order valence-electron chi connectivity index (χ0n) is 10.2. The fourth-order valence-corrected chi connectivity index (χ4v) is 2.38. The van der Waals surface area contributed by atoms with E-state index < -0.39 is 0 Å². The Hall–Kier alpha value is -1.19. The van der Waals surface area contributed by atoms with Gasteiger partial charge in [0.25, 0.3) is 0 Å². The van der Waals surface area contributed by atoms with Gasteiger partial charge in [-0.1, -0.05) is 19.8 Å². The molecule has 1 heterocycles. The van der Waals surface area contributed by atoms with Crippen molar-refractivity contribution in [3.63, 3.8) is 0 Å². The third kappa shape index (κ3) is 2.15. The molecule has 1 aliphatic rings. The fourth-order valence-electron chi connectivity index (χ4n) is 2.38. The highest BCUT2D eigenvalue weighted by molar-refractivity contribution is 5.53. The summed E-state index contributed by atoms with van der Waals surface area (Å²) in [5.74, 6) is 1.45. The van der Waals surface area contributed by atoms with Gasteiger partial charge in [0.2, 0.25) is 5.88 Å². The zero-order valence-corrected chi connectivity index (χ0v) is 10.2. The molecule has 1 aliphatic carbocycles. The van der Waals surface area contributed by atoms with E-state index in [9.17, 15) is 0 Å². The molecular weight excluding hydrogens is 202 g/mol. The average molecular weight is 223 g/mol. The summed E-state index contributed by atoms with van der Waals surface area (Å²) in [5.41, 5.74) is 7.64. The Morgan fingerprint density at radius 2 is 2.12 bits per heavy atom. The van der Waals surface area contributed by atoms with E-state index in [0.29, 0.717) is 11.6 Å². The van der Waals surface area contributed by atoms with Crippen molar-refractivity contribution in [2.24, 2.45) is 13.0 Å². The van der Waals surface area contributed by atoms with Crippen LogP contribution in [0.2, 0.25) is 0 Å². The van der Waals surface area contributed by atoms with E-state index in [0.717, 1.165) is 24.6 Å². The van der Waals surface area contributed by atoms with Crippen LogP contribution in [0.25, 0.3) is 0 Å². The van der Waals surface area contributed by atoms with Gasteiger partial charge in [-0.15, -0.1) is 0 Å². The summed E-state index contributed by atoms with van der Waals surface area (Å²) in [5, 5.41) is 4.34. The van der Waals surface area contributed by atoms with Crippen LogP contribution in [0.15, 0.2) is 0 Å². The standard InChI is InChI=1S/C12H21N3O/c1-3-10-11(13)12(15(2)14-10)16-8-9-6-4-5-7-9/h9H,3-8,13H2,1-2H3. The predicted octanol–water partition coefficient (Wildman–Crippen LogP) is 2.13. The SMILES string of the molecule is CCc1nn(C)c(OCC2CCCC2)c1N. The molecule has 0 amide bonds. The molecule has 2 N–H and O–H groups in total. The van der Waals surface area contributed by atoms with E-state index in [2.05, 4.69) is 12.0 Å². The van der Waals surface area contributed by atoms with Crippen LogP contribution >= 0.6 is 0 Å². The smallest absolute Gasteiger partial charge is 0.235 e. The minimum Gasteiger partial charge on any atom is -0.476 e. The second-order valence-corrected chi connectivity index (χ2v) is 4.60. The Morgan fingerprint density at radius 3 is 2.69 bits per heavy atom. The Labute approximate surface area is 96.8 Å². The van der Waals surface area contributed by atoms with Crippen LogP contribution in [0.3, 0.4) is 0 Å². The van der Waals surface area contributed by atoms with E-state index in [1.54, 1.807) is 4.68 Å². The molecule has 16 heavy (non-hydrogen) atoms. The minimum atomic E-state index is 0.708. The molecule has 0 atom stereocenters. The van der Waals surface area contributed by atoms with Crippen LogP contribution in [-0.2, 0) is 13.5 Å². The topological polar surface area (TPSA) is 53.1 Å². The van der Waals surface area contributed by atoms with Crippen LogP contribution in [0.4, 0.5) is 5.69 Å². The Kier molecular flexibility index (Phi) is 3.36. The molecule has 1 aromatic rings. The highest BCUT2D eigenvalue weighted by Crippen LogP contribution is 2.29. The number of nitrogen functional groups attached to an aromatic ring is 1. The van der Waals surface area contributed by atoms with Crippen molar-refractivity contribution in [2.75, 3.05) is 12.3 Å². The quantitative estimate of drug-likeness (QED) is 0.850. The third-order valence-corrected chi connectivity index (χ3v) is 3.37. The summed E-state index contributed by atoms with van der Waals surface area (Å²) in [6.45, 7) is 2.84. The van der Waals surface area contributed by atoms with Crippen molar-refractivity contribution >= 4 is 5.69 Å². The summed E-state index contributed by atoms with van der Waals surface area (Å²) in [7, 11) is 1.89. The van der Waals surface area contributed by atoms with Gasteiger partial charge in [0.15, 0.2) is 0 Å². The number of aromatic nitrogens is 2. The summed E-state index contributed by atoms with van der Waals surface area (Å²) >= 11 is 0. The third-order valence-electron chi connectivity index (χ3n) is 3.37. The monoisotopic (exact) mass is 223 g/mol. The summed E-state index contributed by atoms with van der Waals surface area (Å²) in [6, 6.07) is 0. The first-order valence-electron chi connectivity index (χ1n) is 6.16. The van der Waals surface area contributed by atoms with Crippen molar-refractivity contribution < 1.29 is 4.74 Å². The molecule has 1 aromatic heterocycles. The average Bonchev–Trinajstić information content (AvgIpc) is 2.86. The van der Waals surface area contributed by atoms with Crippen LogP contribution < -0.4 is 10.5 Å². The predicted molar refractivity (Wildman–Crippen MR) is 64.5 cm³/mol. The van der Waals surface area contributed by atoms with E-state index in [1.165, 1.54) is 25.7 Å². The van der Waals surface area contributed by atoms with E-state index in [4.69, 9.17) is 10.5 Å².